The highest BCUT2D eigenvalue weighted by Crippen LogP contribution is 2.31. The standard InChI is InChI=1S/C19H18F2O2/c1-3-4-17(20)18(21)14-9-10-15(19(22)23)16(11-14)13-7-5-12(2)6-8-13/h5-11H,3-4H2,1-2H3,(H,22,23)/b18-17+. The Labute approximate surface area is 134 Å². The molecule has 2 nitrogen and oxygen atoms in total. The van der Waals surface area contributed by atoms with Gasteiger partial charge in [-0.2, -0.15) is 0 Å². The van der Waals surface area contributed by atoms with Crippen molar-refractivity contribution >= 4 is 11.8 Å². The van der Waals surface area contributed by atoms with Crippen LogP contribution in [0.5, 0.6) is 0 Å². The van der Waals surface area contributed by atoms with Crippen molar-refractivity contribution in [2.75, 3.05) is 0 Å². The maximum absolute atomic E-state index is 14.2. The maximum Gasteiger partial charge on any atom is 0.336 e. The molecule has 0 aliphatic rings. The Morgan fingerprint density at radius 3 is 2.30 bits per heavy atom. The number of carbonyl (C=O) groups is 1. The van der Waals surface area contributed by atoms with E-state index in [-0.39, 0.29) is 17.5 Å². The van der Waals surface area contributed by atoms with Gasteiger partial charge in [-0.25, -0.2) is 13.6 Å². The van der Waals surface area contributed by atoms with Crippen LogP contribution in [0.2, 0.25) is 0 Å². The Morgan fingerprint density at radius 1 is 1.09 bits per heavy atom. The van der Waals surface area contributed by atoms with E-state index in [2.05, 4.69) is 0 Å². The van der Waals surface area contributed by atoms with E-state index in [9.17, 15) is 18.7 Å². The first-order chi connectivity index (χ1) is 10.9. The SMILES string of the molecule is CCC/C(F)=C(\F)c1ccc(C(=O)O)c(-c2ccc(C)cc2)c1. The minimum Gasteiger partial charge on any atom is -0.478 e. The smallest absolute Gasteiger partial charge is 0.336 e. The summed E-state index contributed by atoms with van der Waals surface area (Å²) in [5, 5.41) is 9.32. The van der Waals surface area contributed by atoms with E-state index in [4.69, 9.17) is 0 Å². The van der Waals surface area contributed by atoms with Crippen LogP contribution in [0.15, 0.2) is 48.3 Å². The molecule has 23 heavy (non-hydrogen) atoms. The Morgan fingerprint density at radius 2 is 1.74 bits per heavy atom. The third-order valence-corrected chi connectivity index (χ3v) is 3.57. The molecule has 0 heterocycles. The summed E-state index contributed by atoms with van der Waals surface area (Å²) in [5.41, 5.74) is 2.16. The number of allylic oxidation sites excluding steroid dienone is 1. The zero-order chi connectivity index (χ0) is 17.0. The number of aryl methyl sites for hydroxylation is 1. The van der Waals surface area contributed by atoms with Crippen LogP contribution in [0.4, 0.5) is 8.78 Å². The van der Waals surface area contributed by atoms with Gasteiger partial charge < -0.3 is 5.11 Å². The summed E-state index contributed by atoms with van der Waals surface area (Å²) in [7, 11) is 0. The van der Waals surface area contributed by atoms with Crippen LogP contribution in [0.25, 0.3) is 17.0 Å². The number of hydrogen-bond acceptors (Lipinski definition) is 1. The first-order valence-corrected chi connectivity index (χ1v) is 7.43. The third kappa shape index (κ3) is 3.83. The molecule has 0 radical (unpaired) electrons. The van der Waals surface area contributed by atoms with Crippen LogP contribution in [0, 0.1) is 6.92 Å². The molecule has 4 heteroatoms. The van der Waals surface area contributed by atoms with Crippen molar-refractivity contribution in [1.29, 1.82) is 0 Å². The van der Waals surface area contributed by atoms with E-state index in [1.807, 2.05) is 19.1 Å². The molecule has 0 fully saturated rings. The summed E-state index contributed by atoms with van der Waals surface area (Å²) < 4.78 is 27.9. The fourth-order valence-corrected chi connectivity index (χ4v) is 2.33. The second-order valence-electron chi connectivity index (χ2n) is 5.40. The number of carboxylic acid groups (broad SMARTS) is 1. The Bertz CT molecular complexity index is 746. The van der Waals surface area contributed by atoms with E-state index in [0.717, 1.165) is 5.56 Å². The fraction of sp³-hybridized carbons (Fsp3) is 0.211. The maximum atomic E-state index is 14.2. The number of carboxylic acids is 1. The molecule has 0 saturated heterocycles. The number of halogens is 2. The molecule has 2 rings (SSSR count). The van der Waals surface area contributed by atoms with Gasteiger partial charge in [0.25, 0.3) is 0 Å². The highest BCUT2D eigenvalue weighted by atomic mass is 19.2. The Hall–Kier alpha value is -2.49. The van der Waals surface area contributed by atoms with Crippen molar-refractivity contribution in [3.63, 3.8) is 0 Å². The molecule has 0 aliphatic heterocycles. The van der Waals surface area contributed by atoms with Crippen molar-refractivity contribution in [3.05, 3.63) is 65.0 Å². The fourth-order valence-electron chi connectivity index (χ4n) is 2.33. The molecule has 0 aliphatic carbocycles. The van der Waals surface area contributed by atoms with Crippen molar-refractivity contribution in [2.45, 2.75) is 26.7 Å². The van der Waals surface area contributed by atoms with Gasteiger partial charge in [0.15, 0.2) is 5.83 Å². The lowest BCUT2D eigenvalue weighted by Gasteiger charge is -2.10. The van der Waals surface area contributed by atoms with Crippen molar-refractivity contribution in [2.24, 2.45) is 0 Å². The summed E-state index contributed by atoms with van der Waals surface area (Å²) in [4.78, 5) is 11.4. The molecule has 0 atom stereocenters. The van der Waals surface area contributed by atoms with Crippen LogP contribution in [-0.4, -0.2) is 11.1 Å². The minimum atomic E-state index is -1.11. The summed E-state index contributed by atoms with van der Waals surface area (Å²) in [6.07, 6.45) is 0.518. The number of benzene rings is 2. The van der Waals surface area contributed by atoms with Crippen LogP contribution < -0.4 is 0 Å². The van der Waals surface area contributed by atoms with Gasteiger partial charge in [-0.05, 0) is 36.6 Å². The van der Waals surface area contributed by atoms with E-state index in [1.54, 1.807) is 19.1 Å². The van der Waals surface area contributed by atoms with Crippen molar-refractivity contribution < 1.29 is 18.7 Å². The molecule has 0 spiro atoms. The lowest BCUT2D eigenvalue weighted by atomic mass is 9.96. The minimum absolute atomic E-state index is 0.0202. The van der Waals surface area contributed by atoms with Gasteiger partial charge in [-0.1, -0.05) is 42.8 Å². The lowest BCUT2D eigenvalue weighted by molar-refractivity contribution is 0.0697. The molecular weight excluding hydrogens is 298 g/mol. The van der Waals surface area contributed by atoms with Crippen LogP contribution in [0.3, 0.4) is 0 Å². The monoisotopic (exact) mass is 316 g/mol. The summed E-state index contributed by atoms with van der Waals surface area (Å²) in [6, 6.07) is 11.2. The highest BCUT2D eigenvalue weighted by Gasteiger charge is 2.16. The van der Waals surface area contributed by atoms with Gasteiger partial charge in [0.2, 0.25) is 0 Å². The predicted octanol–water partition coefficient (Wildman–Crippen LogP) is 5.77. The first-order valence-electron chi connectivity index (χ1n) is 7.43. The van der Waals surface area contributed by atoms with Crippen molar-refractivity contribution in [1.82, 2.24) is 0 Å². The molecule has 0 amide bonds. The molecular formula is C19H18F2O2. The van der Waals surface area contributed by atoms with Gasteiger partial charge >= 0.3 is 5.97 Å². The average Bonchev–Trinajstić information content (AvgIpc) is 2.54. The molecule has 120 valence electrons. The number of hydrogen-bond donors (Lipinski definition) is 1. The topological polar surface area (TPSA) is 37.3 Å². The largest absolute Gasteiger partial charge is 0.478 e. The van der Waals surface area contributed by atoms with Crippen LogP contribution in [0.1, 0.15) is 41.3 Å². The summed E-state index contributed by atoms with van der Waals surface area (Å²) in [5.74, 6) is -2.85. The average molecular weight is 316 g/mol. The summed E-state index contributed by atoms with van der Waals surface area (Å²) >= 11 is 0. The predicted molar refractivity (Wildman–Crippen MR) is 87.6 cm³/mol. The van der Waals surface area contributed by atoms with Crippen molar-refractivity contribution in [3.8, 4) is 11.1 Å². The summed E-state index contributed by atoms with van der Waals surface area (Å²) in [6.45, 7) is 3.68. The molecule has 2 aromatic rings. The molecule has 0 saturated carbocycles. The second kappa shape index (κ2) is 7.18. The number of rotatable bonds is 5. The van der Waals surface area contributed by atoms with E-state index < -0.39 is 17.6 Å². The third-order valence-electron chi connectivity index (χ3n) is 3.57. The molecule has 0 aromatic heterocycles. The highest BCUT2D eigenvalue weighted by molar-refractivity contribution is 5.96. The molecule has 0 unspecified atom stereocenters. The van der Waals surface area contributed by atoms with Gasteiger partial charge in [0.1, 0.15) is 5.83 Å². The van der Waals surface area contributed by atoms with E-state index in [1.165, 1.54) is 18.2 Å². The molecule has 2 aromatic carbocycles. The van der Waals surface area contributed by atoms with E-state index in [0.29, 0.717) is 17.5 Å². The Balaban J connectivity index is 2.59. The first kappa shape index (κ1) is 16.9. The quantitative estimate of drug-likeness (QED) is 0.760. The van der Waals surface area contributed by atoms with Gasteiger partial charge in [0, 0.05) is 12.0 Å². The normalized spacial score (nSPS) is 12.0. The lowest BCUT2D eigenvalue weighted by Crippen LogP contribution is -2.00. The van der Waals surface area contributed by atoms with E-state index >= 15 is 0 Å². The number of aromatic carboxylic acids is 1. The van der Waals surface area contributed by atoms with Gasteiger partial charge in [-0.3, -0.25) is 0 Å². The van der Waals surface area contributed by atoms with Gasteiger partial charge in [0.05, 0.1) is 5.56 Å². The van der Waals surface area contributed by atoms with Crippen LogP contribution >= 0.6 is 0 Å². The molecule has 0 bridgehead atoms. The van der Waals surface area contributed by atoms with Crippen LogP contribution in [-0.2, 0) is 0 Å². The Kier molecular flexibility index (Phi) is 5.27. The zero-order valence-corrected chi connectivity index (χ0v) is 13.1. The second-order valence-corrected chi connectivity index (χ2v) is 5.40. The van der Waals surface area contributed by atoms with Gasteiger partial charge in [-0.15, -0.1) is 0 Å². The zero-order valence-electron chi connectivity index (χ0n) is 13.1. The molecule has 1 N–H and O–H groups in total.